The molecule has 1 aromatic carbocycles. The fourth-order valence-corrected chi connectivity index (χ4v) is 1.86. The van der Waals surface area contributed by atoms with Gasteiger partial charge >= 0.3 is 0 Å². The second kappa shape index (κ2) is 3.94. The van der Waals surface area contributed by atoms with Gasteiger partial charge < -0.3 is 9.15 Å². The Kier molecular flexibility index (Phi) is 2.29. The van der Waals surface area contributed by atoms with Crippen molar-refractivity contribution < 1.29 is 9.15 Å². The Morgan fingerprint density at radius 1 is 1.18 bits per heavy atom. The monoisotopic (exact) mass is 225 g/mol. The number of aromatic nitrogens is 1. The molecule has 3 rings (SSSR count). The van der Waals surface area contributed by atoms with Crippen molar-refractivity contribution >= 4 is 10.9 Å². The van der Waals surface area contributed by atoms with Gasteiger partial charge in [0.15, 0.2) is 0 Å². The molecule has 0 N–H and O–H groups in total. The van der Waals surface area contributed by atoms with E-state index < -0.39 is 0 Å². The van der Waals surface area contributed by atoms with Crippen molar-refractivity contribution in [2.75, 3.05) is 7.11 Å². The number of nitrogens with zero attached hydrogens (tertiary/aromatic N) is 1. The normalized spacial score (nSPS) is 10.6. The molecule has 0 fully saturated rings. The average Bonchev–Trinajstić information content (AvgIpc) is 2.91. The molecule has 17 heavy (non-hydrogen) atoms. The quantitative estimate of drug-likeness (QED) is 0.669. The summed E-state index contributed by atoms with van der Waals surface area (Å²) in [6.07, 6.45) is 3.30. The van der Waals surface area contributed by atoms with Gasteiger partial charge in [-0.25, -0.2) is 4.98 Å². The van der Waals surface area contributed by atoms with Gasteiger partial charge in [-0.05, 0) is 18.2 Å². The van der Waals surface area contributed by atoms with Crippen molar-refractivity contribution in [2.45, 2.75) is 0 Å². The van der Waals surface area contributed by atoms with E-state index in [-0.39, 0.29) is 0 Å². The Balaban J connectivity index is 2.29. The molecular formula is C14H11NO2. The minimum atomic E-state index is 0.755. The van der Waals surface area contributed by atoms with E-state index in [0.717, 1.165) is 27.9 Å². The SMILES string of the molecule is COc1cc2ccccc2nc1-c1ccoc1. The average molecular weight is 225 g/mol. The van der Waals surface area contributed by atoms with Crippen LogP contribution in [0.15, 0.2) is 53.3 Å². The van der Waals surface area contributed by atoms with Gasteiger partial charge in [-0.15, -0.1) is 0 Å². The zero-order chi connectivity index (χ0) is 11.7. The smallest absolute Gasteiger partial charge is 0.145 e. The lowest BCUT2D eigenvalue weighted by Crippen LogP contribution is -1.91. The molecule has 3 heteroatoms. The van der Waals surface area contributed by atoms with Crippen LogP contribution in [0.4, 0.5) is 0 Å². The summed E-state index contributed by atoms with van der Waals surface area (Å²) in [4.78, 5) is 4.60. The molecule has 0 saturated heterocycles. The second-order valence-electron chi connectivity index (χ2n) is 3.74. The van der Waals surface area contributed by atoms with Crippen molar-refractivity contribution in [1.29, 1.82) is 0 Å². The first-order chi connectivity index (χ1) is 8.38. The predicted molar refractivity (Wildman–Crippen MR) is 66.0 cm³/mol. The van der Waals surface area contributed by atoms with E-state index in [1.165, 1.54) is 0 Å². The number of ether oxygens (including phenoxy) is 1. The Morgan fingerprint density at radius 3 is 2.82 bits per heavy atom. The van der Waals surface area contributed by atoms with Gasteiger partial charge in [0.1, 0.15) is 11.4 Å². The highest BCUT2D eigenvalue weighted by Gasteiger charge is 2.10. The molecule has 0 atom stereocenters. The second-order valence-corrected chi connectivity index (χ2v) is 3.74. The Bertz CT molecular complexity index is 644. The fourth-order valence-electron chi connectivity index (χ4n) is 1.86. The molecule has 3 aromatic rings. The number of furan rings is 1. The summed E-state index contributed by atoms with van der Waals surface area (Å²) in [5.74, 6) is 0.755. The van der Waals surface area contributed by atoms with Crippen LogP contribution in [0.25, 0.3) is 22.2 Å². The standard InChI is InChI=1S/C14H11NO2/c1-16-13-8-10-4-2-3-5-12(10)15-14(13)11-6-7-17-9-11/h2-9H,1H3. The van der Waals surface area contributed by atoms with Crippen molar-refractivity contribution in [3.63, 3.8) is 0 Å². The molecule has 84 valence electrons. The molecule has 0 aliphatic heterocycles. The molecule has 0 spiro atoms. The lowest BCUT2D eigenvalue weighted by molar-refractivity contribution is 0.415. The zero-order valence-corrected chi connectivity index (χ0v) is 9.38. The van der Waals surface area contributed by atoms with Crippen LogP contribution in [0.2, 0.25) is 0 Å². The van der Waals surface area contributed by atoms with E-state index in [4.69, 9.17) is 9.15 Å². The van der Waals surface area contributed by atoms with Crippen LogP contribution in [-0.4, -0.2) is 12.1 Å². The van der Waals surface area contributed by atoms with Crippen LogP contribution < -0.4 is 4.74 Å². The first-order valence-corrected chi connectivity index (χ1v) is 5.35. The number of para-hydroxylation sites is 1. The summed E-state index contributed by atoms with van der Waals surface area (Å²) in [5.41, 5.74) is 2.68. The molecule has 0 radical (unpaired) electrons. The lowest BCUT2D eigenvalue weighted by Gasteiger charge is -2.07. The first kappa shape index (κ1) is 9.90. The Labute approximate surface area is 98.7 Å². The van der Waals surface area contributed by atoms with Crippen LogP contribution in [0, 0.1) is 0 Å². The molecular weight excluding hydrogens is 214 g/mol. The first-order valence-electron chi connectivity index (χ1n) is 5.35. The van der Waals surface area contributed by atoms with Crippen molar-refractivity contribution in [2.24, 2.45) is 0 Å². The molecule has 2 heterocycles. The topological polar surface area (TPSA) is 35.3 Å². The summed E-state index contributed by atoms with van der Waals surface area (Å²) in [6.45, 7) is 0. The maximum absolute atomic E-state index is 5.37. The largest absolute Gasteiger partial charge is 0.494 e. The third-order valence-electron chi connectivity index (χ3n) is 2.70. The number of pyridine rings is 1. The number of fused-ring (bicyclic) bond motifs is 1. The van der Waals surface area contributed by atoms with Gasteiger partial charge in [-0.3, -0.25) is 0 Å². The van der Waals surface area contributed by atoms with Gasteiger partial charge in [0.05, 0.1) is 25.2 Å². The molecule has 0 saturated carbocycles. The number of methoxy groups -OCH3 is 1. The van der Waals surface area contributed by atoms with Crippen LogP contribution >= 0.6 is 0 Å². The highest BCUT2D eigenvalue weighted by Crippen LogP contribution is 2.31. The number of hydrogen-bond acceptors (Lipinski definition) is 3. The van der Waals surface area contributed by atoms with E-state index in [9.17, 15) is 0 Å². The third kappa shape index (κ3) is 1.65. The highest BCUT2D eigenvalue weighted by atomic mass is 16.5. The molecule has 0 amide bonds. The van der Waals surface area contributed by atoms with Crippen LogP contribution in [0.1, 0.15) is 0 Å². The number of hydrogen-bond donors (Lipinski definition) is 0. The highest BCUT2D eigenvalue weighted by molar-refractivity contribution is 5.84. The molecule has 0 aliphatic carbocycles. The summed E-state index contributed by atoms with van der Waals surface area (Å²) >= 11 is 0. The van der Waals surface area contributed by atoms with Gasteiger partial charge in [0.25, 0.3) is 0 Å². The zero-order valence-electron chi connectivity index (χ0n) is 9.38. The van der Waals surface area contributed by atoms with Crippen LogP contribution in [0.5, 0.6) is 5.75 Å². The van der Waals surface area contributed by atoms with E-state index in [1.807, 2.05) is 36.4 Å². The summed E-state index contributed by atoms with van der Waals surface area (Å²) in [5, 5.41) is 1.07. The molecule has 3 nitrogen and oxygen atoms in total. The van der Waals surface area contributed by atoms with Gasteiger partial charge in [-0.2, -0.15) is 0 Å². The molecule has 0 bridgehead atoms. The van der Waals surface area contributed by atoms with Gasteiger partial charge in [0, 0.05) is 10.9 Å². The number of benzene rings is 1. The summed E-state index contributed by atoms with van der Waals surface area (Å²) in [6, 6.07) is 11.8. The fraction of sp³-hybridized carbons (Fsp3) is 0.0714. The Morgan fingerprint density at radius 2 is 2.06 bits per heavy atom. The number of rotatable bonds is 2. The molecule has 2 aromatic heterocycles. The minimum Gasteiger partial charge on any atom is -0.494 e. The predicted octanol–water partition coefficient (Wildman–Crippen LogP) is 3.50. The van der Waals surface area contributed by atoms with Gasteiger partial charge in [0.2, 0.25) is 0 Å². The Hall–Kier alpha value is -2.29. The molecule has 0 unspecified atom stereocenters. The van der Waals surface area contributed by atoms with Gasteiger partial charge in [-0.1, -0.05) is 18.2 Å². The molecule has 0 aliphatic rings. The van der Waals surface area contributed by atoms with Crippen molar-refractivity contribution in [3.05, 3.63) is 48.9 Å². The van der Waals surface area contributed by atoms with Crippen LogP contribution in [0.3, 0.4) is 0 Å². The van der Waals surface area contributed by atoms with E-state index in [2.05, 4.69) is 4.98 Å². The third-order valence-corrected chi connectivity index (χ3v) is 2.70. The minimum absolute atomic E-state index is 0.755. The summed E-state index contributed by atoms with van der Waals surface area (Å²) in [7, 11) is 1.65. The maximum atomic E-state index is 5.37. The van der Waals surface area contributed by atoms with E-state index >= 15 is 0 Å². The maximum Gasteiger partial charge on any atom is 0.145 e. The lowest BCUT2D eigenvalue weighted by atomic mass is 10.1. The van der Waals surface area contributed by atoms with E-state index in [1.54, 1.807) is 19.6 Å². The van der Waals surface area contributed by atoms with Crippen LogP contribution in [-0.2, 0) is 0 Å². The van der Waals surface area contributed by atoms with Crippen molar-refractivity contribution in [3.8, 4) is 17.0 Å². The summed E-state index contributed by atoms with van der Waals surface area (Å²) < 4.78 is 10.5. The van der Waals surface area contributed by atoms with E-state index in [0.29, 0.717) is 0 Å². The van der Waals surface area contributed by atoms with Crippen molar-refractivity contribution in [1.82, 2.24) is 4.98 Å².